The van der Waals surface area contributed by atoms with Gasteiger partial charge in [0.25, 0.3) is 0 Å². The van der Waals surface area contributed by atoms with Crippen LogP contribution in [0.2, 0.25) is 0 Å². The fourth-order valence-electron chi connectivity index (χ4n) is 3.45. The van der Waals surface area contributed by atoms with Crippen LogP contribution < -0.4 is 10.4 Å². The van der Waals surface area contributed by atoms with E-state index in [9.17, 15) is 14.4 Å². The van der Waals surface area contributed by atoms with Gasteiger partial charge in [-0.15, -0.1) is 0 Å². The van der Waals surface area contributed by atoms with Crippen molar-refractivity contribution in [2.75, 3.05) is 33.3 Å². The third kappa shape index (κ3) is 3.97. The maximum absolute atomic E-state index is 12.5. The molecular weight excluding hydrogens is 348 g/mol. The second-order valence-corrected chi connectivity index (χ2v) is 6.74. The molecule has 3 rings (SSSR count). The predicted molar refractivity (Wildman–Crippen MR) is 101 cm³/mol. The Morgan fingerprint density at radius 2 is 1.81 bits per heavy atom. The standard InChI is InChI=1S/C20H24N2O5/c1-13-16-5-4-15(26-3)12-18(16)27-20(25)17(13)6-7-19(24)22-10-8-21(9-11-22)14(2)23/h4-5,12H,6-11H2,1-3H3. The number of fused-ring (bicyclic) bond motifs is 1. The second-order valence-electron chi connectivity index (χ2n) is 6.74. The molecule has 7 nitrogen and oxygen atoms in total. The summed E-state index contributed by atoms with van der Waals surface area (Å²) in [5, 5.41) is 0.841. The van der Waals surface area contributed by atoms with Gasteiger partial charge in [0.1, 0.15) is 11.3 Å². The van der Waals surface area contributed by atoms with Gasteiger partial charge in [-0.2, -0.15) is 0 Å². The van der Waals surface area contributed by atoms with Crippen LogP contribution in [0.3, 0.4) is 0 Å². The molecule has 0 aliphatic carbocycles. The number of nitrogens with zero attached hydrogens (tertiary/aromatic N) is 2. The summed E-state index contributed by atoms with van der Waals surface area (Å²) in [6.07, 6.45) is 0.579. The van der Waals surface area contributed by atoms with Gasteiger partial charge in [0.15, 0.2) is 0 Å². The quantitative estimate of drug-likeness (QED) is 0.764. The van der Waals surface area contributed by atoms with E-state index in [0.29, 0.717) is 49.5 Å². The van der Waals surface area contributed by atoms with Gasteiger partial charge in [0.05, 0.1) is 7.11 Å². The maximum Gasteiger partial charge on any atom is 0.339 e. The maximum atomic E-state index is 12.5. The zero-order valence-electron chi connectivity index (χ0n) is 15.9. The number of hydrogen-bond acceptors (Lipinski definition) is 5. The summed E-state index contributed by atoms with van der Waals surface area (Å²) in [6, 6.07) is 5.37. The molecule has 2 amide bonds. The third-order valence-electron chi connectivity index (χ3n) is 5.16. The van der Waals surface area contributed by atoms with Crippen molar-refractivity contribution in [2.24, 2.45) is 0 Å². The molecular formula is C20H24N2O5. The highest BCUT2D eigenvalue weighted by molar-refractivity contribution is 5.83. The lowest BCUT2D eigenvalue weighted by Crippen LogP contribution is -2.50. The Morgan fingerprint density at radius 3 is 2.44 bits per heavy atom. The molecule has 0 N–H and O–H groups in total. The number of rotatable bonds is 4. The normalized spacial score (nSPS) is 14.5. The van der Waals surface area contributed by atoms with E-state index in [-0.39, 0.29) is 18.2 Å². The molecule has 2 heterocycles. The number of carbonyl (C=O) groups excluding carboxylic acids is 2. The third-order valence-corrected chi connectivity index (χ3v) is 5.16. The average Bonchev–Trinajstić information content (AvgIpc) is 2.67. The summed E-state index contributed by atoms with van der Waals surface area (Å²) in [7, 11) is 1.56. The lowest BCUT2D eigenvalue weighted by Gasteiger charge is -2.34. The minimum atomic E-state index is -0.414. The number of ether oxygens (including phenoxy) is 1. The van der Waals surface area contributed by atoms with E-state index in [1.54, 1.807) is 23.0 Å². The summed E-state index contributed by atoms with van der Waals surface area (Å²) in [6.45, 7) is 5.58. The Balaban J connectivity index is 1.71. The minimum absolute atomic E-state index is 0.00756. The molecule has 0 saturated carbocycles. The first-order chi connectivity index (χ1) is 12.9. The number of piperazine rings is 1. The van der Waals surface area contributed by atoms with E-state index in [0.717, 1.165) is 10.9 Å². The second kappa shape index (κ2) is 7.82. The summed E-state index contributed by atoms with van der Waals surface area (Å²) >= 11 is 0. The molecule has 1 fully saturated rings. The van der Waals surface area contributed by atoms with Crippen LogP contribution in [0.1, 0.15) is 24.5 Å². The van der Waals surface area contributed by atoms with Gasteiger partial charge in [0, 0.05) is 56.5 Å². The molecule has 0 spiro atoms. The van der Waals surface area contributed by atoms with E-state index in [2.05, 4.69) is 0 Å². The van der Waals surface area contributed by atoms with Crippen LogP contribution in [0.25, 0.3) is 11.0 Å². The molecule has 1 aromatic heterocycles. The molecule has 0 radical (unpaired) electrons. The monoisotopic (exact) mass is 372 g/mol. The van der Waals surface area contributed by atoms with Crippen LogP contribution in [-0.4, -0.2) is 54.9 Å². The van der Waals surface area contributed by atoms with E-state index >= 15 is 0 Å². The Kier molecular flexibility index (Phi) is 5.48. The van der Waals surface area contributed by atoms with Crippen molar-refractivity contribution in [1.29, 1.82) is 0 Å². The first kappa shape index (κ1) is 18.9. The summed E-state index contributed by atoms with van der Waals surface area (Å²) < 4.78 is 10.6. The van der Waals surface area contributed by atoms with Gasteiger partial charge in [-0.3, -0.25) is 9.59 Å². The van der Waals surface area contributed by atoms with E-state index in [4.69, 9.17) is 9.15 Å². The van der Waals surface area contributed by atoms with E-state index < -0.39 is 5.63 Å². The molecule has 0 atom stereocenters. The zero-order chi connectivity index (χ0) is 19.6. The van der Waals surface area contributed by atoms with E-state index in [1.807, 2.05) is 19.1 Å². The van der Waals surface area contributed by atoms with Crippen LogP contribution in [0.5, 0.6) is 5.75 Å². The molecule has 1 aliphatic heterocycles. The molecule has 0 bridgehead atoms. The van der Waals surface area contributed by atoms with Crippen LogP contribution in [-0.2, 0) is 16.0 Å². The fraction of sp³-hybridized carbons (Fsp3) is 0.450. The van der Waals surface area contributed by atoms with Crippen molar-refractivity contribution in [3.8, 4) is 5.75 Å². The van der Waals surface area contributed by atoms with Crippen molar-refractivity contribution in [2.45, 2.75) is 26.7 Å². The topological polar surface area (TPSA) is 80.1 Å². The number of hydrogen-bond donors (Lipinski definition) is 0. The highest BCUT2D eigenvalue weighted by Crippen LogP contribution is 2.24. The zero-order valence-corrected chi connectivity index (χ0v) is 15.9. The number of amides is 2. The SMILES string of the molecule is COc1ccc2c(C)c(CCC(=O)N3CCN(C(C)=O)CC3)c(=O)oc2c1. The van der Waals surface area contributed by atoms with Gasteiger partial charge >= 0.3 is 5.63 Å². The molecule has 144 valence electrons. The van der Waals surface area contributed by atoms with Crippen molar-refractivity contribution >= 4 is 22.8 Å². The van der Waals surface area contributed by atoms with Crippen molar-refractivity contribution < 1.29 is 18.7 Å². The number of benzene rings is 1. The fourth-order valence-corrected chi connectivity index (χ4v) is 3.45. The van der Waals surface area contributed by atoms with Gasteiger partial charge in [-0.05, 0) is 31.0 Å². The first-order valence-electron chi connectivity index (χ1n) is 9.04. The van der Waals surface area contributed by atoms with Crippen molar-refractivity contribution in [3.63, 3.8) is 0 Å². The summed E-state index contributed by atoms with van der Waals surface area (Å²) in [5.74, 6) is 0.646. The number of carbonyl (C=O) groups is 2. The van der Waals surface area contributed by atoms with Gasteiger partial charge < -0.3 is 19.0 Å². The highest BCUT2D eigenvalue weighted by atomic mass is 16.5. The molecule has 1 aromatic carbocycles. The van der Waals surface area contributed by atoms with E-state index in [1.165, 1.54) is 6.92 Å². The minimum Gasteiger partial charge on any atom is -0.497 e. The van der Waals surface area contributed by atoms with Crippen LogP contribution in [0, 0.1) is 6.92 Å². The Morgan fingerprint density at radius 1 is 1.15 bits per heavy atom. The molecule has 1 aliphatic rings. The van der Waals surface area contributed by atoms with Gasteiger partial charge in [0.2, 0.25) is 11.8 Å². The molecule has 0 unspecified atom stereocenters. The van der Waals surface area contributed by atoms with Crippen LogP contribution >= 0.6 is 0 Å². The average molecular weight is 372 g/mol. The van der Waals surface area contributed by atoms with Crippen LogP contribution in [0.15, 0.2) is 27.4 Å². The molecule has 1 saturated heterocycles. The lowest BCUT2D eigenvalue weighted by molar-refractivity contribution is -0.138. The first-order valence-corrected chi connectivity index (χ1v) is 9.04. The van der Waals surface area contributed by atoms with Crippen molar-refractivity contribution in [3.05, 3.63) is 39.7 Å². The smallest absolute Gasteiger partial charge is 0.339 e. The Bertz CT molecular complexity index is 926. The lowest BCUT2D eigenvalue weighted by atomic mass is 10.0. The summed E-state index contributed by atoms with van der Waals surface area (Å²) in [5.41, 5.74) is 1.43. The van der Waals surface area contributed by atoms with Crippen molar-refractivity contribution in [1.82, 2.24) is 9.80 Å². The van der Waals surface area contributed by atoms with Crippen LogP contribution in [0.4, 0.5) is 0 Å². The van der Waals surface area contributed by atoms with Gasteiger partial charge in [-0.25, -0.2) is 4.79 Å². The largest absolute Gasteiger partial charge is 0.497 e. The highest BCUT2D eigenvalue weighted by Gasteiger charge is 2.23. The Hall–Kier alpha value is -2.83. The molecule has 27 heavy (non-hydrogen) atoms. The number of aryl methyl sites for hydroxylation is 1. The predicted octanol–water partition coefficient (Wildman–Crippen LogP) is 1.73. The Labute approximate surface area is 157 Å². The molecule has 2 aromatic rings. The summed E-state index contributed by atoms with van der Waals surface area (Å²) in [4.78, 5) is 39.7. The molecule has 7 heteroatoms. The number of methoxy groups -OCH3 is 1. The van der Waals surface area contributed by atoms with Gasteiger partial charge in [-0.1, -0.05) is 0 Å².